The van der Waals surface area contributed by atoms with E-state index < -0.39 is 0 Å². The molecular weight excluding hydrogens is 250 g/mol. The highest BCUT2D eigenvalue weighted by Gasteiger charge is 2.35. The van der Waals surface area contributed by atoms with Crippen molar-refractivity contribution in [1.29, 1.82) is 0 Å². The highest BCUT2D eigenvalue weighted by Crippen LogP contribution is 2.42. The molecule has 1 nitrogen and oxygen atoms in total. The van der Waals surface area contributed by atoms with E-state index in [1.54, 1.807) is 0 Å². The fourth-order valence-electron chi connectivity index (χ4n) is 2.23. The maximum Gasteiger partial charge on any atom is 0.0406 e. The minimum atomic E-state index is 0.400. The third-order valence-electron chi connectivity index (χ3n) is 3.80. The molecule has 1 aromatic carbocycles. The molecule has 0 radical (unpaired) electrons. The number of nitrogens with one attached hydrogen (secondary N) is 1. The second-order valence-corrected chi connectivity index (χ2v) is 6.61. The van der Waals surface area contributed by atoms with Gasteiger partial charge in [0.05, 0.1) is 0 Å². The zero-order chi connectivity index (χ0) is 12.3. The molecule has 0 amide bonds. The van der Waals surface area contributed by atoms with Crippen molar-refractivity contribution in [3.05, 3.63) is 34.9 Å². The van der Waals surface area contributed by atoms with Crippen LogP contribution >= 0.6 is 23.4 Å². The first kappa shape index (κ1) is 13.3. The van der Waals surface area contributed by atoms with Crippen molar-refractivity contribution in [3.63, 3.8) is 0 Å². The van der Waals surface area contributed by atoms with E-state index in [1.165, 1.54) is 24.8 Å². The molecule has 1 saturated carbocycles. The summed E-state index contributed by atoms with van der Waals surface area (Å²) in [7, 11) is 0. The Morgan fingerprint density at radius 1 is 1.35 bits per heavy atom. The average molecular weight is 270 g/mol. The molecule has 0 saturated heterocycles. The van der Waals surface area contributed by atoms with Gasteiger partial charge in [-0.05, 0) is 43.7 Å². The average Bonchev–Trinajstić information content (AvgIpc) is 2.29. The summed E-state index contributed by atoms with van der Waals surface area (Å²) in [4.78, 5) is 0. The number of thioether (sulfide) groups is 1. The molecule has 1 aromatic rings. The third kappa shape index (κ3) is 3.18. The maximum absolute atomic E-state index is 5.90. The number of rotatable bonds is 5. The normalized spacial score (nSPS) is 19.7. The van der Waals surface area contributed by atoms with Crippen molar-refractivity contribution in [1.82, 2.24) is 5.32 Å². The van der Waals surface area contributed by atoms with Gasteiger partial charge in [-0.15, -0.1) is 0 Å². The van der Waals surface area contributed by atoms with Crippen molar-refractivity contribution in [2.45, 2.75) is 37.0 Å². The van der Waals surface area contributed by atoms with Crippen LogP contribution in [0.1, 0.15) is 37.8 Å². The van der Waals surface area contributed by atoms with Gasteiger partial charge >= 0.3 is 0 Å². The summed E-state index contributed by atoms with van der Waals surface area (Å²) in [6.45, 7) is 3.33. The quantitative estimate of drug-likeness (QED) is 0.856. The van der Waals surface area contributed by atoms with Gasteiger partial charge in [-0.1, -0.05) is 30.2 Å². The van der Waals surface area contributed by atoms with Crippen LogP contribution in [0, 0.1) is 0 Å². The molecule has 17 heavy (non-hydrogen) atoms. The van der Waals surface area contributed by atoms with E-state index in [0.717, 1.165) is 11.6 Å². The van der Waals surface area contributed by atoms with Gasteiger partial charge in [0.25, 0.3) is 0 Å². The van der Waals surface area contributed by atoms with Gasteiger partial charge in [0.1, 0.15) is 0 Å². The fraction of sp³-hybridized carbons (Fsp3) is 0.571. The van der Waals surface area contributed by atoms with Gasteiger partial charge in [-0.2, -0.15) is 11.8 Å². The number of benzene rings is 1. The number of hydrogen-bond acceptors (Lipinski definition) is 2. The number of hydrogen-bond donors (Lipinski definition) is 1. The molecular formula is C14H20ClNS. The highest BCUT2D eigenvalue weighted by atomic mass is 35.5. The first-order valence-electron chi connectivity index (χ1n) is 6.19. The van der Waals surface area contributed by atoms with Crippen LogP contribution in [0.2, 0.25) is 5.02 Å². The molecule has 0 heterocycles. The molecule has 94 valence electrons. The SMILES string of the molecule is CSC1(CNC(C)c2ccc(Cl)cc2)CCC1. The molecule has 2 rings (SSSR count). The van der Waals surface area contributed by atoms with E-state index in [1.807, 2.05) is 23.9 Å². The molecule has 1 aliphatic rings. The standard InChI is InChI=1S/C14H20ClNS/c1-11(12-4-6-13(15)7-5-12)16-10-14(17-2)8-3-9-14/h4-7,11,16H,3,8-10H2,1-2H3. The lowest BCUT2D eigenvalue weighted by atomic mass is 9.84. The van der Waals surface area contributed by atoms with Crippen molar-refractivity contribution < 1.29 is 0 Å². The molecule has 3 heteroatoms. The monoisotopic (exact) mass is 269 g/mol. The van der Waals surface area contributed by atoms with Crippen molar-refractivity contribution >= 4 is 23.4 Å². The Morgan fingerprint density at radius 2 is 2.00 bits per heavy atom. The Hall–Kier alpha value is -0.180. The molecule has 1 atom stereocenters. The molecule has 0 aliphatic heterocycles. The number of halogens is 1. The molecule has 1 unspecified atom stereocenters. The van der Waals surface area contributed by atoms with E-state index in [4.69, 9.17) is 11.6 Å². The molecule has 1 aliphatic carbocycles. The Kier molecular flexibility index (Phi) is 4.40. The van der Waals surface area contributed by atoms with Gasteiger partial charge in [-0.25, -0.2) is 0 Å². The summed E-state index contributed by atoms with van der Waals surface area (Å²) in [6.07, 6.45) is 6.33. The Morgan fingerprint density at radius 3 is 2.47 bits per heavy atom. The van der Waals surface area contributed by atoms with Gasteiger partial charge in [0.2, 0.25) is 0 Å². The van der Waals surface area contributed by atoms with Crippen LogP contribution in [0.25, 0.3) is 0 Å². The molecule has 1 N–H and O–H groups in total. The maximum atomic E-state index is 5.90. The molecule has 1 fully saturated rings. The largest absolute Gasteiger partial charge is 0.309 e. The van der Waals surface area contributed by atoms with Gasteiger partial charge in [0.15, 0.2) is 0 Å². The van der Waals surface area contributed by atoms with Crippen molar-refractivity contribution in [2.75, 3.05) is 12.8 Å². The Labute approximate surface area is 113 Å². The Balaban J connectivity index is 1.88. The second-order valence-electron chi connectivity index (χ2n) is 4.89. The summed E-state index contributed by atoms with van der Waals surface area (Å²) in [5.41, 5.74) is 1.31. The predicted molar refractivity (Wildman–Crippen MR) is 78.0 cm³/mol. The van der Waals surface area contributed by atoms with Crippen LogP contribution in [0.3, 0.4) is 0 Å². The summed E-state index contributed by atoms with van der Waals surface area (Å²) in [5, 5.41) is 4.45. The summed E-state index contributed by atoms with van der Waals surface area (Å²) < 4.78 is 0.501. The van der Waals surface area contributed by atoms with E-state index in [2.05, 4.69) is 30.6 Å². The van der Waals surface area contributed by atoms with Crippen molar-refractivity contribution in [2.24, 2.45) is 0 Å². The van der Waals surface area contributed by atoms with Crippen LogP contribution in [0.4, 0.5) is 0 Å². The summed E-state index contributed by atoms with van der Waals surface area (Å²) >= 11 is 7.91. The summed E-state index contributed by atoms with van der Waals surface area (Å²) in [5.74, 6) is 0. The van der Waals surface area contributed by atoms with E-state index in [0.29, 0.717) is 10.8 Å². The third-order valence-corrected chi connectivity index (χ3v) is 5.47. The minimum absolute atomic E-state index is 0.400. The minimum Gasteiger partial charge on any atom is -0.309 e. The first-order valence-corrected chi connectivity index (χ1v) is 7.79. The zero-order valence-electron chi connectivity index (χ0n) is 10.5. The molecule has 0 spiro atoms. The lowest BCUT2D eigenvalue weighted by Gasteiger charge is -2.41. The lowest BCUT2D eigenvalue weighted by molar-refractivity contribution is 0.334. The molecule has 0 bridgehead atoms. The highest BCUT2D eigenvalue weighted by molar-refractivity contribution is 8.00. The van der Waals surface area contributed by atoms with E-state index in [9.17, 15) is 0 Å². The predicted octanol–water partition coefficient (Wildman–Crippen LogP) is 4.28. The van der Waals surface area contributed by atoms with Crippen LogP contribution in [-0.4, -0.2) is 17.5 Å². The molecule has 0 aromatic heterocycles. The Bertz CT molecular complexity index is 353. The van der Waals surface area contributed by atoms with Crippen LogP contribution in [0.15, 0.2) is 24.3 Å². The zero-order valence-corrected chi connectivity index (χ0v) is 12.1. The second kappa shape index (κ2) is 5.64. The van der Waals surface area contributed by atoms with Crippen molar-refractivity contribution in [3.8, 4) is 0 Å². The lowest BCUT2D eigenvalue weighted by Crippen LogP contribution is -2.43. The van der Waals surface area contributed by atoms with Gasteiger partial charge in [-0.3, -0.25) is 0 Å². The smallest absolute Gasteiger partial charge is 0.0406 e. The van der Waals surface area contributed by atoms with Gasteiger partial charge in [0, 0.05) is 22.4 Å². The van der Waals surface area contributed by atoms with E-state index >= 15 is 0 Å². The topological polar surface area (TPSA) is 12.0 Å². The van der Waals surface area contributed by atoms with Crippen LogP contribution in [-0.2, 0) is 0 Å². The summed E-state index contributed by atoms with van der Waals surface area (Å²) in [6, 6.07) is 8.53. The first-order chi connectivity index (χ1) is 8.15. The van der Waals surface area contributed by atoms with Crippen LogP contribution in [0.5, 0.6) is 0 Å². The van der Waals surface area contributed by atoms with Gasteiger partial charge < -0.3 is 5.32 Å². The van der Waals surface area contributed by atoms with Crippen LogP contribution < -0.4 is 5.32 Å². The fourth-order valence-corrected chi connectivity index (χ4v) is 3.28. The van der Waals surface area contributed by atoms with E-state index in [-0.39, 0.29) is 0 Å².